The van der Waals surface area contributed by atoms with E-state index in [0.717, 1.165) is 11.2 Å². The molecule has 104 valence electrons. The summed E-state index contributed by atoms with van der Waals surface area (Å²) < 4.78 is 2.07. The average molecular weight is 321 g/mol. The average Bonchev–Trinajstić information content (AvgIpc) is 3.13. The summed E-state index contributed by atoms with van der Waals surface area (Å²) in [7, 11) is 0. The van der Waals surface area contributed by atoms with Gasteiger partial charge in [-0.2, -0.15) is 47.0 Å². The highest BCUT2D eigenvalue weighted by Gasteiger charge is 2.50. The van der Waals surface area contributed by atoms with Gasteiger partial charge in [0, 0.05) is 42.5 Å². The monoisotopic (exact) mass is 320 g/mol. The largest absolute Gasteiger partial charge is 0.156 e. The molecule has 4 heterocycles. The van der Waals surface area contributed by atoms with Gasteiger partial charge >= 0.3 is 0 Å². The van der Waals surface area contributed by atoms with Gasteiger partial charge in [-0.05, 0) is 33.1 Å². The van der Waals surface area contributed by atoms with Crippen LogP contribution in [-0.4, -0.2) is 42.5 Å². The van der Waals surface area contributed by atoms with Crippen LogP contribution in [0.25, 0.3) is 0 Å². The molecule has 5 unspecified atom stereocenters. The lowest BCUT2D eigenvalue weighted by atomic mass is 9.95. The van der Waals surface area contributed by atoms with Crippen LogP contribution in [0.1, 0.15) is 34.1 Å². The Morgan fingerprint density at radius 2 is 1.44 bits per heavy atom. The van der Waals surface area contributed by atoms with Gasteiger partial charge < -0.3 is 0 Å². The normalized spacial score (nSPS) is 53.0. The molecule has 0 spiro atoms. The van der Waals surface area contributed by atoms with Gasteiger partial charge in [0.25, 0.3) is 0 Å². The predicted molar refractivity (Wildman–Crippen MR) is 92.6 cm³/mol. The second-order valence-corrected chi connectivity index (χ2v) is 12.8. The van der Waals surface area contributed by atoms with E-state index in [1.54, 1.807) is 0 Å². The maximum atomic E-state index is 2.41. The highest BCUT2D eigenvalue weighted by atomic mass is 32.2. The molecular weight excluding hydrogens is 296 g/mol. The van der Waals surface area contributed by atoms with Gasteiger partial charge in [-0.1, -0.05) is 6.92 Å². The zero-order valence-corrected chi connectivity index (χ0v) is 15.1. The van der Waals surface area contributed by atoms with Crippen LogP contribution in [0.5, 0.6) is 0 Å². The van der Waals surface area contributed by atoms with Crippen LogP contribution in [0, 0.1) is 5.92 Å². The van der Waals surface area contributed by atoms with Gasteiger partial charge in [-0.15, -0.1) is 0 Å². The first-order chi connectivity index (χ1) is 8.34. The third kappa shape index (κ3) is 3.73. The Balaban J connectivity index is 0.000000111. The lowest BCUT2D eigenvalue weighted by Crippen LogP contribution is -2.20. The van der Waals surface area contributed by atoms with E-state index in [1.807, 2.05) is 0 Å². The third-order valence-electron chi connectivity index (χ3n) is 4.50. The molecule has 0 aromatic heterocycles. The van der Waals surface area contributed by atoms with Crippen LogP contribution in [-0.2, 0) is 0 Å². The Hall–Kier alpha value is 1.40. The molecule has 5 atom stereocenters. The zero-order valence-electron chi connectivity index (χ0n) is 11.8. The first-order valence-electron chi connectivity index (χ1n) is 6.88. The minimum Gasteiger partial charge on any atom is -0.156 e. The molecule has 4 saturated heterocycles. The molecule has 0 saturated carbocycles. The fourth-order valence-electron chi connectivity index (χ4n) is 2.36. The standard InChI is InChI=1S/2C7H12S2/c1-6(4-8-6)3-7(2)5-9-7;1-5(6-3-8-6)7(2)4-9-7/h3-5H2,1-2H3;5-6H,3-4H2,1-2H3. The van der Waals surface area contributed by atoms with Crippen molar-refractivity contribution in [2.45, 2.75) is 53.6 Å². The second kappa shape index (κ2) is 4.71. The zero-order chi connectivity index (χ0) is 13.0. The molecule has 0 aromatic carbocycles. The number of rotatable bonds is 4. The van der Waals surface area contributed by atoms with E-state index in [-0.39, 0.29) is 0 Å². The number of hydrogen-bond donors (Lipinski definition) is 0. The maximum absolute atomic E-state index is 2.41. The SMILES string of the molecule is CC(C1CS1)C1(C)CS1.CC1(CC2(C)CS2)CS1. The number of hydrogen-bond acceptors (Lipinski definition) is 4. The summed E-state index contributed by atoms with van der Waals surface area (Å²) in [6.45, 7) is 9.59. The predicted octanol–water partition coefficient (Wildman–Crippen LogP) is 4.63. The van der Waals surface area contributed by atoms with E-state index < -0.39 is 0 Å². The molecule has 0 radical (unpaired) electrons. The molecule has 4 fully saturated rings. The van der Waals surface area contributed by atoms with Crippen LogP contribution in [0.2, 0.25) is 0 Å². The molecule has 4 aliphatic rings. The lowest BCUT2D eigenvalue weighted by molar-refractivity contribution is 0.522. The summed E-state index contributed by atoms with van der Waals surface area (Å²) in [6, 6.07) is 0. The number of thioether (sulfide) groups is 4. The summed E-state index contributed by atoms with van der Waals surface area (Å²) >= 11 is 8.51. The molecule has 0 nitrogen and oxygen atoms in total. The summed E-state index contributed by atoms with van der Waals surface area (Å²) in [5.41, 5.74) is 0. The van der Waals surface area contributed by atoms with Gasteiger partial charge in [0.05, 0.1) is 0 Å². The van der Waals surface area contributed by atoms with Crippen molar-refractivity contribution in [1.82, 2.24) is 0 Å². The van der Waals surface area contributed by atoms with Crippen LogP contribution in [0.15, 0.2) is 0 Å². The van der Waals surface area contributed by atoms with Crippen molar-refractivity contribution < 1.29 is 0 Å². The van der Waals surface area contributed by atoms with E-state index in [9.17, 15) is 0 Å². The van der Waals surface area contributed by atoms with Gasteiger partial charge in [-0.25, -0.2) is 0 Å². The summed E-state index contributed by atoms with van der Waals surface area (Å²) in [6.07, 6.45) is 1.44. The van der Waals surface area contributed by atoms with Gasteiger partial charge in [-0.3, -0.25) is 0 Å². The van der Waals surface area contributed by atoms with Gasteiger partial charge in [0.1, 0.15) is 0 Å². The molecule has 0 amide bonds. The molecule has 0 aromatic rings. The molecular formula is C14H24S4. The Morgan fingerprint density at radius 1 is 1.00 bits per heavy atom. The summed E-state index contributed by atoms with van der Waals surface area (Å²) in [5, 5.41) is 1.02. The van der Waals surface area contributed by atoms with Crippen molar-refractivity contribution in [3.05, 3.63) is 0 Å². The van der Waals surface area contributed by atoms with E-state index >= 15 is 0 Å². The van der Waals surface area contributed by atoms with Gasteiger partial charge in [0.15, 0.2) is 0 Å². The Bertz CT molecular complexity index is 309. The Kier molecular flexibility index (Phi) is 3.75. The molecule has 0 N–H and O–H groups in total. The topological polar surface area (TPSA) is 0 Å². The molecule has 4 aliphatic heterocycles. The maximum Gasteiger partial charge on any atom is 0.0259 e. The summed E-state index contributed by atoms with van der Waals surface area (Å²) in [4.78, 5) is 0. The van der Waals surface area contributed by atoms with E-state index in [0.29, 0.717) is 14.2 Å². The van der Waals surface area contributed by atoms with Crippen LogP contribution in [0.4, 0.5) is 0 Å². The van der Waals surface area contributed by atoms with E-state index in [4.69, 9.17) is 0 Å². The fourth-order valence-corrected chi connectivity index (χ4v) is 5.98. The van der Waals surface area contributed by atoms with Crippen molar-refractivity contribution in [3.63, 3.8) is 0 Å². The summed E-state index contributed by atoms with van der Waals surface area (Å²) in [5.74, 6) is 6.61. The van der Waals surface area contributed by atoms with Crippen molar-refractivity contribution in [2.75, 3.05) is 23.0 Å². The van der Waals surface area contributed by atoms with Gasteiger partial charge in [0.2, 0.25) is 0 Å². The first kappa shape index (κ1) is 14.3. The molecule has 18 heavy (non-hydrogen) atoms. The van der Waals surface area contributed by atoms with E-state index in [2.05, 4.69) is 74.7 Å². The Morgan fingerprint density at radius 3 is 1.72 bits per heavy atom. The lowest BCUT2D eigenvalue weighted by Gasteiger charge is -2.14. The second-order valence-electron chi connectivity index (χ2n) is 6.92. The van der Waals surface area contributed by atoms with Crippen LogP contribution < -0.4 is 0 Å². The highest BCUT2D eigenvalue weighted by Crippen LogP contribution is 2.58. The highest BCUT2D eigenvalue weighted by molar-refractivity contribution is 8.09. The van der Waals surface area contributed by atoms with Crippen LogP contribution >= 0.6 is 47.0 Å². The minimum absolute atomic E-state index is 0.689. The third-order valence-corrected chi connectivity index (χ3v) is 10.0. The van der Waals surface area contributed by atoms with Crippen molar-refractivity contribution in [2.24, 2.45) is 5.92 Å². The van der Waals surface area contributed by atoms with Crippen molar-refractivity contribution in [3.8, 4) is 0 Å². The molecule has 4 rings (SSSR count). The van der Waals surface area contributed by atoms with Crippen molar-refractivity contribution >= 4 is 47.0 Å². The quantitative estimate of drug-likeness (QED) is 0.692. The first-order valence-corrected chi connectivity index (χ1v) is 10.9. The molecule has 0 bridgehead atoms. The fraction of sp³-hybridized carbons (Fsp3) is 1.00. The minimum atomic E-state index is 0.689. The molecule has 0 aliphatic carbocycles. The smallest absolute Gasteiger partial charge is 0.0259 e. The van der Waals surface area contributed by atoms with E-state index in [1.165, 1.54) is 29.4 Å². The Labute approximate surface area is 129 Å². The van der Waals surface area contributed by atoms with Crippen LogP contribution in [0.3, 0.4) is 0 Å². The molecule has 4 heteroatoms. The van der Waals surface area contributed by atoms with Crippen molar-refractivity contribution in [1.29, 1.82) is 0 Å².